The molecule has 0 atom stereocenters. The molecular weight excluding hydrogens is 392 g/mol. The summed E-state index contributed by atoms with van der Waals surface area (Å²) in [5.74, 6) is 0.893. The first kappa shape index (κ1) is 22.1. The summed E-state index contributed by atoms with van der Waals surface area (Å²) in [7, 11) is 0. The van der Waals surface area contributed by atoms with Crippen molar-refractivity contribution in [1.29, 1.82) is 0 Å². The number of nitrogens with zero attached hydrogens (tertiary/aromatic N) is 2. The Morgan fingerprint density at radius 1 is 0.844 bits per heavy atom. The van der Waals surface area contributed by atoms with Crippen molar-refractivity contribution in [2.45, 2.75) is 47.0 Å². The number of benzene rings is 3. The smallest absolute Gasteiger partial charge is 0.137 e. The molecule has 0 bridgehead atoms. The van der Waals surface area contributed by atoms with Crippen LogP contribution in [0.5, 0.6) is 0 Å². The number of anilines is 1. The maximum atomic E-state index is 6.51. The molecule has 0 amide bonds. The molecule has 2 aliphatic rings. The summed E-state index contributed by atoms with van der Waals surface area (Å²) in [6.45, 7) is 11.4. The van der Waals surface area contributed by atoms with Gasteiger partial charge < -0.3 is 9.32 Å². The van der Waals surface area contributed by atoms with Crippen molar-refractivity contribution in [1.82, 2.24) is 0 Å². The van der Waals surface area contributed by atoms with Crippen molar-refractivity contribution >= 4 is 16.7 Å². The van der Waals surface area contributed by atoms with E-state index in [2.05, 4.69) is 98.3 Å². The molecule has 0 saturated heterocycles. The van der Waals surface area contributed by atoms with Crippen LogP contribution in [0.25, 0.3) is 33.4 Å². The molecule has 4 rings (SSSR count). The molecule has 0 aromatic heterocycles. The van der Waals surface area contributed by atoms with Gasteiger partial charge in [0.15, 0.2) is 0 Å². The first-order chi connectivity index (χ1) is 15.7. The fourth-order valence-corrected chi connectivity index (χ4v) is 4.57. The third-order valence-electron chi connectivity index (χ3n) is 6.24. The number of fused-ring (bicyclic) bond motifs is 2. The van der Waals surface area contributed by atoms with Crippen molar-refractivity contribution in [3.8, 4) is 22.5 Å². The predicted octanol–water partition coefficient (Wildman–Crippen LogP) is 7.31. The van der Waals surface area contributed by atoms with Crippen molar-refractivity contribution in [3.05, 3.63) is 71.6 Å². The van der Waals surface area contributed by atoms with Gasteiger partial charge in [0.2, 0.25) is 0 Å². The minimum Gasteiger partial charge on any atom is -0.456 e. The van der Waals surface area contributed by atoms with E-state index in [9.17, 15) is 0 Å². The van der Waals surface area contributed by atoms with Crippen molar-refractivity contribution in [2.75, 3.05) is 24.5 Å². The monoisotopic (exact) mass is 426 g/mol. The molecular formula is C29H34N2O. The van der Waals surface area contributed by atoms with Gasteiger partial charge >= 0.3 is 0 Å². The van der Waals surface area contributed by atoms with Crippen LogP contribution in [-0.2, 0) is 6.42 Å². The third kappa shape index (κ3) is 4.29. The van der Waals surface area contributed by atoms with Crippen LogP contribution in [0.2, 0.25) is 0 Å². The van der Waals surface area contributed by atoms with Gasteiger partial charge in [-0.1, -0.05) is 37.6 Å². The molecule has 0 saturated carbocycles. The van der Waals surface area contributed by atoms with Gasteiger partial charge in [-0.15, -0.1) is 0 Å². The molecule has 1 heterocycles. The third-order valence-corrected chi connectivity index (χ3v) is 6.24. The molecule has 2 aromatic rings. The van der Waals surface area contributed by atoms with Gasteiger partial charge in [0, 0.05) is 54.0 Å². The summed E-state index contributed by atoms with van der Waals surface area (Å²) in [4.78, 5) is 6.96. The lowest BCUT2D eigenvalue weighted by Gasteiger charge is -2.23. The van der Waals surface area contributed by atoms with E-state index in [1.807, 2.05) is 0 Å². The van der Waals surface area contributed by atoms with E-state index in [0.29, 0.717) is 0 Å². The summed E-state index contributed by atoms with van der Waals surface area (Å²) in [5, 5.41) is 2.13. The molecule has 1 aliphatic carbocycles. The Morgan fingerprint density at radius 3 is 2.41 bits per heavy atom. The zero-order valence-corrected chi connectivity index (χ0v) is 19.8. The van der Waals surface area contributed by atoms with E-state index in [0.717, 1.165) is 53.7 Å². The fourth-order valence-electron chi connectivity index (χ4n) is 4.57. The van der Waals surface area contributed by atoms with Gasteiger partial charge in [-0.2, -0.15) is 0 Å². The van der Waals surface area contributed by atoms with Gasteiger partial charge in [0.25, 0.3) is 0 Å². The molecule has 2 aromatic carbocycles. The number of hydrogen-bond acceptors (Lipinski definition) is 3. The number of hydrogen-bond donors (Lipinski definition) is 0. The van der Waals surface area contributed by atoms with Crippen LogP contribution in [0.1, 0.15) is 46.1 Å². The Balaban J connectivity index is 2.04. The Labute approximate surface area is 191 Å². The number of rotatable bonds is 8. The Bertz CT molecular complexity index is 1230. The highest BCUT2D eigenvalue weighted by atomic mass is 16.3. The van der Waals surface area contributed by atoms with E-state index < -0.39 is 0 Å². The van der Waals surface area contributed by atoms with Crippen LogP contribution < -0.4 is 10.3 Å². The van der Waals surface area contributed by atoms with E-state index in [-0.39, 0.29) is 0 Å². The van der Waals surface area contributed by atoms with Gasteiger partial charge in [0.05, 0.1) is 5.36 Å². The first-order valence-electron chi connectivity index (χ1n) is 12.0. The average molecular weight is 427 g/mol. The van der Waals surface area contributed by atoms with E-state index >= 15 is 0 Å². The zero-order chi connectivity index (χ0) is 22.5. The second kappa shape index (κ2) is 10.0. The Morgan fingerprint density at radius 2 is 1.66 bits per heavy atom. The van der Waals surface area contributed by atoms with Gasteiger partial charge in [-0.05, 0) is 69.0 Å². The van der Waals surface area contributed by atoms with Crippen molar-refractivity contribution in [3.63, 3.8) is 0 Å². The number of unbranched alkanes of at least 4 members (excludes halogenated alkanes) is 1. The highest BCUT2D eigenvalue weighted by molar-refractivity contribution is 6.03. The molecule has 1 aliphatic heterocycles. The highest BCUT2D eigenvalue weighted by Gasteiger charge is 2.19. The lowest BCUT2D eigenvalue weighted by atomic mass is 9.89. The SMILES string of the molecule is CCCCc1ccccc1-c1c2cc/c(=N\CC)cc-2oc2cc(N(CC)CC)ccc12. The van der Waals surface area contributed by atoms with Crippen LogP contribution in [-0.4, -0.2) is 19.6 Å². The van der Waals surface area contributed by atoms with E-state index in [1.165, 1.54) is 35.2 Å². The molecule has 3 nitrogen and oxygen atoms in total. The lowest BCUT2D eigenvalue weighted by Crippen LogP contribution is -2.21. The molecule has 32 heavy (non-hydrogen) atoms. The molecule has 166 valence electrons. The second-order valence-corrected chi connectivity index (χ2v) is 8.25. The largest absolute Gasteiger partial charge is 0.456 e. The number of aryl methyl sites for hydroxylation is 1. The summed E-state index contributed by atoms with van der Waals surface area (Å²) in [5.41, 5.74) is 7.25. The lowest BCUT2D eigenvalue weighted by molar-refractivity contribution is 0.618. The van der Waals surface area contributed by atoms with Gasteiger partial charge in [-0.25, -0.2) is 0 Å². The Kier molecular flexibility index (Phi) is 6.94. The summed E-state index contributed by atoms with van der Waals surface area (Å²) in [6.07, 6.45) is 3.47. The maximum Gasteiger partial charge on any atom is 0.137 e. The van der Waals surface area contributed by atoms with Crippen LogP contribution in [0, 0.1) is 0 Å². The molecule has 3 heteroatoms. The molecule has 0 N–H and O–H groups in total. The van der Waals surface area contributed by atoms with Crippen LogP contribution in [0.15, 0.2) is 70.1 Å². The summed E-state index contributed by atoms with van der Waals surface area (Å²) >= 11 is 0. The van der Waals surface area contributed by atoms with Crippen LogP contribution in [0.3, 0.4) is 0 Å². The predicted molar refractivity (Wildman–Crippen MR) is 137 cm³/mol. The van der Waals surface area contributed by atoms with Crippen LogP contribution in [0.4, 0.5) is 5.69 Å². The van der Waals surface area contributed by atoms with Crippen molar-refractivity contribution < 1.29 is 4.42 Å². The topological polar surface area (TPSA) is 28.7 Å². The fraction of sp³-hybridized carbons (Fsp3) is 0.345. The molecule has 0 radical (unpaired) electrons. The highest BCUT2D eigenvalue weighted by Crippen LogP contribution is 2.42. The standard InChI is InChI=1S/C29H34N2O/c1-5-9-12-21-13-10-11-14-24(21)29-25-17-15-22(30-6-2)19-27(25)32-28-20-23(16-18-26(28)29)31(7-3)8-4/h10-11,13-20H,5-9,12H2,1-4H3/b30-22+. The quantitative estimate of drug-likeness (QED) is 0.276. The minimum atomic E-state index is 0.762. The average Bonchev–Trinajstić information content (AvgIpc) is 2.82. The zero-order valence-electron chi connectivity index (χ0n) is 19.8. The van der Waals surface area contributed by atoms with E-state index in [4.69, 9.17) is 4.42 Å². The maximum absolute atomic E-state index is 6.51. The second-order valence-electron chi connectivity index (χ2n) is 8.25. The molecule has 0 spiro atoms. The minimum absolute atomic E-state index is 0.762. The van der Waals surface area contributed by atoms with Crippen LogP contribution >= 0.6 is 0 Å². The van der Waals surface area contributed by atoms with Gasteiger partial charge in [0.1, 0.15) is 11.3 Å². The normalized spacial score (nSPS) is 12.1. The van der Waals surface area contributed by atoms with Gasteiger partial charge in [-0.3, -0.25) is 4.99 Å². The van der Waals surface area contributed by atoms with Crippen molar-refractivity contribution in [2.24, 2.45) is 4.99 Å². The van der Waals surface area contributed by atoms with E-state index in [1.54, 1.807) is 0 Å². The molecule has 0 fully saturated rings. The molecule has 0 unspecified atom stereocenters. The Hall–Kier alpha value is -3.07. The first-order valence-corrected chi connectivity index (χ1v) is 12.0. The summed E-state index contributed by atoms with van der Waals surface area (Å²) in [6, 6.07) is 21.9. The summed E-state index contributed by atoms with van der Waals surface area (Å²) < 4.78 is 6.51.